The number of aromatic amines is 1. The maximum absolute atomic E-state index is 14.0. The molecule has 0 saturated heterocycles. The van der Waals surface area contributed by atoms with Crippen LogP contribution >= 0.6 is 10.0 Å². The van der Waals surface area contributed by atoms with Gasteiger partial charge in [-0.3, -0.25) is 9.89 Å². The molecule has 0 radical (unpaired) electrons. The van der Waals surface area contributed by atoms with Crippen molar-refractivity contribution in [1.29, 1.82) is 0 Å². The number of anilines is 1. The van der Waals surface area contributed by atoms with Crippen molar-refractivity contribution in [2.45, 2.75) is 81.9 Å². The molecule has 1 atom stereocenters. The van der Waals surface area contributed by atoms with E-state index in [9.17, 15) is 19.1 Å². The highest BCUT2D eigenvalue weighted by molar-refractivity contribution is 8.33. The molecular formula is C27H40FN5O3S. The smallest absolute Gasteiger partial charge is 0.318 e. The molecule has 1 aromatic heterocycles. The van der Waals surface area contributed by atoms with Crippen molar-refractivity contribution >= 4 is 27.8 Å². The van der Waals surface area contributed by atoms with Crippen LogP contribution in [0.15, 0.2) is 24.3 Å². The number of benzene rings is 1. The number of H-pyrrole nitrogens is 1. The Morgan fingerprint density at radius 1 is 1.27 bits per heavy atom. The van der Waals surface area contributed by atoms with Crippen LogP contribution in [0.2, 0.25) is 0 Å². The molecule has 2 heterocycles. The number of urea groups is 1. The molecule has 10 heteroatoms. The Bertz CT molecular complexity index is 1190. The molecule has 204 valence electrons. The number of halogens is 1. The largest absolute Gasteiger partial charge is 0.390 e. The predicted octanol–water partition coefficient (Wildman–Crippen LogP) is 4.77. The van der Waals surface area contributed by atoms with Crippen LogP contribution in [0.5, 0.6) is 0 Å². The molecule has 37 heavy (non-hydrogen) atoms. The fourth-order valence-electron chi connectivity index (χ4n) is 5.48. The number of aromatic nitrogens is 2. The average molecular weight is 534 g/mol. The monoisotopic (exact) mass is 533 g/mol. The van der Waals surface area contributed by atoms with Gasteiger partial charge in [-0.05, 0) is 83.4 Å². The Morgan fingerprint density at radius 2 is 1.95 bits per heavy atom. The molecule has 8 nitrogen and oxygen atoms in total. The third kappa shape index (κ3) is 5.10. The Balaban J connectivity index is 1.55. The van der Waals surface area contributed by atoms with Gasteiger partial charge in [-0.15, -0.1) is 0 Å². The second-order valence-electron chi connectivity index (χ2n) is 12.3. The summed E-state index contributed by atoms with van der Waals surface area (Å²) < 4.78 is 13.6. The molecular weight excluding hydrogens is 493 g/mol. The van der Waals surface area contributed by atoms with Crippen molar-refractivity contribution in [2.24, 2.45) is 0 Å². The number of nitrogens with zero attached hydrogens (tertiary/aromatic N) is 2. The van der Waals surface area contributed by atoms with Crippen molar-refractivity contribution < 1.29 is 19.1 Å². The summed E-state index contributed by atoms with van der Waals surface area (Å²) in [7, 11) is -1.12. The summed E-state index contributed by atoms with van der Waals surface area (Å²) >= 11 is 0. The first-order valence-corrected chi connectivity index (χ1v) is 15.5. The number of fused-ring (bicyclic) bond motifs is 1. The fourth-order valence-corrected chi connectivity index (χ4v) is 7.60. The van der Waals surface area contributed by atoms with E-state index in [1.165, 1.54) is 12.1 Å². The maximum atomic E-state index is 14.0. The van der Waals surface area contributed by atoms with Crippen molar-refractivity contribution in [2.75, 3.05) is 24.1 Å². The SMILES string of the molecule is CC(C)(O)C[C@@H](NC(=O)N1Cc2c(NC(=O)C3(S(C)(C)C)CCC3)n[nH]c2C1(C)C)c1cccc(F)c1. The molecule has 1 fully saturated rings. The van der Waals surface area contributed by atoms with Gasteiger partial charge in [0.05, 0.1) is 34.2 Å². The molecule has 0 spiro atoms. The highest BCUT2D eigenvalue weighted by Crippen LogP contribution is 2.60. The minimum Gasteiger partial charge on any atom is -0.390 e. The second-order valence-corrected chi connectivity index (χ2v) is 16.7. The van der Waals surface area contributed by atoms with E-state index >= 15 is 0 Å². The third-order valence-corrected chi connectivity index (χ3v) is 10.9. The summed E-state index contributed by atoms with van der Waals surface area (Å²) in [5.74, 6) is 0.0702. The Kier molecular flexibility index (Phi) is 6.90. The quantitative estimate of drug-likeness (QED) is 0.411. The van der Waals surface area contributed by atoms with Crippen molar-refractivity contribution in [3.05, 3.63) is 46.9 Å². The van der Waals surface area contributed by atoms with Gasteiger partial charge in [-0.2, -0.15) is 5.10 Å². The maximum Gasteiger partial charge on any atom is 0.318 e. The zero-order valence-electron chi connectivity index (χ0n) is 22.9. The number of hydrogen-bond donors (Lipinski definition) is 4. The molecule has 1 aliphatic carbocycles. The molecule has 0 unspecified atom stereocenters. The zero-order chi connectivity index (χ0) is 27.4. The molecule has 1 aliphatic heterocycles. The van der Waals surface area contributed by atoms with Crippen LogP contribution in [0.1, 0.15) is 76.2 Å². The minimum atomic E-state index is -1.12. The topological polar surface area (TPSA) is 110 Å². The first kappa shape index (κ1) is 27.4. The lowest BCUT2D eigenvalue weighted by Gasteiger charge is -2.53. The second kappa shape index (κ2) is 9.31. The van der Waals surface area contributed by atoms with Gasteiger partial charge in [-0.1, -0.05) is 12.1 Å². The molecule has 3 amide bonds. The van der Waals surface area contributed by atoms with E-state index in [1.807, 2.05) is 13.8 Å². The Hall–Kier alpha value is -2.59. The van der Waals surface area contributed by atoms with E-state index in [0.717, 1.165) is 30.5 Å². The van der Waals surface area contributed by atoms with E-state index in [2.05, 4.69) is 39.6 Å². The normalized spacial score (nSPS) is 19.5. The van der Waals surface area contributed by atoms with Gasteiger partial charge in [0.15, 0.2) is 5.82 Å². The lowest BCUT2D eigenvalue weighted by atomic mass is 9.83. The molecule has 0 bridgehead atoms. The van der Waals surface area contributed by atoms with Gasteiger partial charge >= 0.3 is 6.03 Å². The Morgan fingerprint density at radius 3 is 2.49 bits per heavy atom. The summed E-state index contributed by atoms with van der Waals surface area (Å²) in [6, 6.07) is 5.11. The van der Waals surface area contributed by atoms with E-state index in [0.29, 0.717) is 11.4 Å². The number of rotatable bonds is 7. The molecule has 2 aliphatic rings. The first-order chi connectivity index (χ1) is 17.0. The highest BCUT2D eigenvalue weighted by Gasteiger charge is 2.51. The molecule has 4 rings (SSSR count). The van der Waals surface area contributed by atoms with Gasteiger partial charge in [0.2, 0.25) is 5.91 Å². The van der Waals surface area contributed by atoms with Crippen LogP contribution in [0, 0.1) is 5.82 Å². The number of carbonyl (C=O) groups is 2. The van der Waals surface area contributed by atoms with Gasteiger partial charge < -0.3 is 20.6 Å². The summed E-state index contributed by atoms with van der Waals surface area (Å²) in [4.78, 5) is 28.7. The van der Waals surface area contributed by atoms with Crippen LogP contribution in [-0.4, -0.2) is 61.3 Å². The lowest BCUT2D eigenvalue weighted by molar-refractivity contribution is -0.120. The van der Waals surface area contributed by atoms with Crippen molar-refractivity contribution in [1.82, 2.24) is 20.4 Å². The molecule has 2 aromatic rings. The van der Waals surface area contributed by atoms with Gasteiger partial charge in [0, 0.05) is 12.0 Å². The van der Waals surface area contributed by atoms with Crippen LogP contribution in [0.3, 0.4) is 0 Å². The standard InChI is InChI=1S/C27H40FN5O3S/c1-25(2,36)15-20(17-10-8-11-18(28)14-17)29-24(35)33-16-19-21(26(33,3)4)31-32-22(19)30-23(34)27(12-9-13-27)37(5,6)7/h8,10-11,14,20,36H,9,12-13,15-16H2,1-7H3,(H,29,35)(H2,30,31,32,34)/t20-/m1/s1. The molecule has 1 saturated carbocycles. The number of hydrogen-bond acceptors (Lipinski definition) is 4. The summed E-state index contributed by atoms with van der Waals surface area (Å²) in [5.41, 5.74) is 0.338. The average Bonchev–Trinajstić information content (AvgIpc) is 3.22. The molecule has 4 N–H and O–H groups in total. The van der Waals surface area contributed by atoms with E-state index in [4.69, 9.17) is 0 Å². The van der Waals surface area contributed by atoms with Crippen molar-refractivity contribution in [3.8, 4) is 0 Å². The summed E-state index contributed by atoms with van der Waals surface area (Å²) in [6.07, 6.45) is 9.56. The van der Waals surface area contributed by atoms with Crippen LogP contribution in [0.25, 0.3) is 0 Å². The third-order valence-electron chi connectivity index (χ3n) is 7.95. The van der Waals surface area contributed by atoms with Crippen LogP contribution < -0.4 is 10.6 Å². The van der Waals surface area contributed by atoms with Crippen LogP contribution in [-0.2, 0) is 16.9 Å². The number of carbonyl (C=O) groups excluding carboxylic acids is 2. The number of aliphatic hydroxyl groups is 1. The number of nitrogens with one attached hydrogen (secondary N) is 3. The lowest BCUT2D eigenvalue weighted by Crippen LogP contribution is -2.51. The summed E-state index contributed by atoms with van der Waals surface area (Å²) in [6.45, 7) is 7.41. The van der Waals surface area contributed by atoms with Crippen molar-refractivity contribution in [3.63, 3.8) is 0 Å². The number of amides is 3. The first-order valence-electron chi connectivity index (χ1n) is 12.7. The van der Waals surface area contributed by atoms with E-state index in [-0.39, 0.29) is 29.7 Å². The van der Waals surface area contributed by atoms with E-state index in [1.54, 1.807) is 30.9 Å². The zero-order valence-corrected chi connectivity index (χ0v) is 23.7. The molecule has 1 aromatic carbocycles. The predicted molar refractivity (Wildman–Crippen MR) is 146 cm³/mol. The van der Waals surface area contributed by atoms with Crippen LogP contribution in [0.4, 0.5) is 15.0 Å². The highest BCUT2D eigenvalue weighted by atomic mass is 32.3. The van der Waals surface area contributed by atoms with Gasteiger partial charge in [-0.25, -0.2) is 19.2 Å². The summed E-state index contributed by atoms with van der Waals surface area (Å²) in [5, 5.41) is 24.0. The van der Waals surface area contributed by atoms with Gasteiger partial charge in [0.1, 0.15) is 5.82 Å². The fraction of sp³-hybridized carbons (Fsp3) is 0.593. The van der Waals surface area contributed by atoms with E-state index < -0.39 is 33.0 Å². The Labute approximate surface area is 220 Å². The van der Waals surface area contributed by atoms with Gasteiger partial charge in [0.25, 0.3) is 0 Å². The minimum absolute atomic E-state index is 0.00704.